The highest BCUT2D eigenvalue weighted by molar-refractivity contribution is 5.81. The number of rotatable bonds is 5. The number of imidazole rings is 1. The van der Waals surface area contributed by atoms with E-state index in [0.29, 0.717) is 11.2 Å². The van der Waals surface area contributed by atoms with Crippen LogP contribution in [0.15, 0.2) is 12.7 Å². The highest BCUT2D eigenvalue weighted by Crippen LogP contribution is 2.36. The fourth-order valence-electron chi connectivity index (χ4n) is 2.97. The highest BCUT2D eigenvalue weighted by atomic mass is 16.7. The molecule has 0 bridgehead atoms. The number of anilines is 1. The van der Waals surface area contributed by atoms with E-state index in [9.17, 15) is 14.4 Å². The Labute approximate surface area is 158 Å². The minimum absolute atomic E-state index is 0.166. The van der Waals surface area contributed by atoms with Gasteiger partial charge in [-0.2, -0.15) is 0 Å². The van der Waals surface area contributed by atoms with Crippen LogP contribution in [0, 0.1) is 0 Å². The van der Waals surface area contributed by atoms with Crippen LogP contribution in [0.1, 0.15) is 27.0 Å². The van der Waals surface area contributed by atoms with E-state index in [-0.39, 0.29) is 12.4 Å². The van der Waals surface area contributed by atoms with Crippen LogP contribution in [0.2, 0.25) is 0 Å². The van der Waals surface area contributed by atoms with Gasteiger partial charge in [0.2, 0.25) is 0 Å². The van der Waals surface area contributed by atoms with Gasteiger partial charge < -0.3 is 24.7 Å². The quantitative estimate of drug-likeness (QED) is 0.526. The largest absolute Gasteiger partial charge is 0.463 e. The van der Waals surface area contributed by atoms with E-state index in [0.717, 1.165) is 0 Å². The molecular formula is C16H19N5O7. The van der Waals surface area contributed by atoms with Gasteiger partial charge in [-0.05, 0) is 0 Å². The Kier molecular flexibility index (Phi) is 5.40. The zero-order chi connectivity index (χ0) is 20.4. The minimum atomic E-state index is -1.03. The van der Waals surface area contributed by atoms with E-state index < -0.39 is 42.4 Å². The molecule has 150 valence electrons. The van der Waals surface area contributed by atoms with Crippen LogP contribution in [0.4, 0.5) is 5.82 Å². The fourth-order valence-corrected chi connectivity index (χ4v) is 2.97. The molecule has 1 aliphatic heterocycles. The van der Waals surface area contributed by atoms with Crippen molar-refractivity contribution < 1.29 is 33.3 Å². The molecule has 4 atom stereocenters. The number of fused-ring (bicyclic) bond motifs is 1. The first kappa shape index (κ1) is 19.5. The molecule has 0 amide bonds. The summed E-state index contributed by atoms with van der Waals surface area (Å²) >= 11 is 0. The van der Waals surface area contributed by atoms with Gasteiger partial charge in [-0.3, -0.25) is 19.0 Å². The van der Waals surface area contributed by atoms with Gasteiger partial charge in [-0.1, -0.05) is 0 Å². The van der Waals surface area contributed by atoms with Crippen molar-refractivity contribution in [3.8, 4) is 0 Å². The molecule has 12 nitrogen and oxygen atoms in total. The third kappa shape index (κ3) is 3.86. The Morgan fingerprint density at radius 3 is 2.39 bits per heavy atom. The van der Waals surface area contributed by atoms with E-state index in [1.54, 1.807) is 0 Å². The molecule has 2 aromatic heterocycles. The first-order valence-corrected chi connectivity index (χ1v) is 8.34. The third-order valence-corrected chi connectivity index (χ3v) is 4.00. The number of carbonyl (C=O) groups is 3. The normalized spacial score (nSPS) is 24.1. The maximum atomic E-state index is 11.7. The standard InChI is InChI=1S/C16H19N5O7/c1-7(22)25-4-10-12(26-8(2)23)13(27-9(3)24)16(28-10)21-6-20-11-14(17)18-5-19-15(11)21/h5-6,10,12-13,16H,4H2,1-3H3,(H2,17,18,19)/t10-,12+,13-,16?/m0/s1. The van der Waals surface area contributed by atoms with E-state index in [1.165, 1.54) is 38.0 Å². The molecule has 1 unspecified atom stereocenters. The Hall–Kier alpha value is -3.28. The number of esters is 3. The smallest absolute Gasteiger partial charge is 0.303 e. The first-order chi connectivity index (χ1) is 13.3. The van der Waals surface area contributed by atoms with Crippen molar-refractivity contribution in [2.45, 2.75) is 45.3 Å². The molecule has 2 N–H and O–H groups in total. The summed E-state index contributed by atoms with van der Waals surface area (Å²) < 4.78 is 23.1. The molecule has 3 rings (SSSR count). The number of carbonyl (C=O) groups excluding carboxylic acids is 3. The van der Waals surface area contributed by atoms with Gasteiger partial charge in [0.05, 0.1) is 6.33 Å². The lowest BCUT2D eigenvalue weighted by Gasteiger charge is -2.23. The summed E-state index contributed by atoms with van der Waals surface area (Å²) in [6.07, 6.45) is -1.22. The number of nitrogen functional groups attached to an aromatic ring is 1. The summed E-state index contributed by atoms with van der Waals surface area (Å²) in [6.45, 7) is 3.46. The summed E-state index contributed by atoms with van der Waals surface area (Å²) in [7, 11) is 0. The third-order valence-electron chi connectivity index (χ3n) is 4.00. The van der Waals surface area contributed by atoms with Crippen molar-refractivity contribution in [2.24, 2.45) is 0 Å². The summed E-state index contributed by atoms with van der Waals surface area (Å²) in [4.78, 5) is 46.6. The Bertz CT molecular complexity index is 914. The van der Waals surface area contributed by atoms with Gasteiger partial charge in [0.15, 0.2) is 29.9 Å². The molecule has 2 aromatic rings. The second-order valence-electron chi connectivity index (χ2n) is 6.10. The molecule has 1 fully saturated rings. The van der Waals surface area contributed by atoms with Gasteiger partial charge >= 0.3 is 17.9 Å². The fraction of sp³-hybridized carbons (Fsp3) is 0.500. The van der Waals surface area contributed by atoms with Crippen LogP contribution in [0.25, 0.3) is 11.2 Å². The molecule has 3 heterocycles. The molecule has 0 spiro atoms. The van der Waals surface area contributed by atoms with Crippen molar-refractivity contribution in [1.82, 2.24) is 19.5 Å². The van der Waals surface area contributed by atoms with Crippen molar-refractivity contribution in [3.05, 3.63) is 12.7 Å². The molecule has 1 aliphatic rings. The zero-order valence-electron chi connectivity index (χ0n) is 15.4. The lowest BCUT2D eigenvalue weighted by molar-refractivity contribution is -0.166. The predicted octanol–water partition coefficient (Wildman–Crippen LogP) is -0.268. The number of hydrogen-bond acceptors (Lipinski definition) is 11. The SMILES string of the molecule is CC(=O)OC[C@@H]1OC(n2cnc3c(N)ncnc32)[C@@H](OC(C)=O)[C@@H]1OC(C)=O. The second-order valence-corrected chi connectivity index (χ2v) is 6.10. The van der Waals surface area contributed by atoms with Gasteiger partial charge in [0.25, 0.3) is 0 Å². The number of hydrogen-bond donors (Lipinski definition) is 1. The molecule has 0 aliphatic carbocycles. The van der Waals surface area contributed by atoms with E-state index in [1.807, 2.05) is 0 Å². The van der Waals surface area contributed by atoms with Crippen molar-refractivity contribution >= 4 is 34.9 Å². The maximum Gasteiger partial charge on any atom is 0.303 e. The van der Waals surface area contributed by atoms with Gasteiger partial charge in [-0.15, -0.1) is 0 Å². The Morgan fingerprint density at radius 2 is 1.75 bits per heavy atom. The Balaban J connectivity index is 2.01. The molecule has 28 heavy (non-hydrogen) atoms. The number of nitrogens with zero attached hydrogens (tertiary/aromatic N) is 4. The lowest BCUT2D eigenvalue weighted by Crippen LogP contribution is -2.40. The topological polar surface area (TPSA) is 158 Å². The van der Waals surface area contributed by atoms with Crippen molar-refractivity contribution in [3.63, 3.8) is 0 Å². The molecule has 0 radical (unpaired) electrons. The summed E-state index contributed by atoms with van der Waals surface area (Å²) in [5.74, 6) is -1.59. The van der Waals surface area contributed by atoms with Crippen LogP contribution in [-0.2, 0) is 33.3 Å². The highest BCUT2D eigenvalue weighted by Gasteiger charge is 2.51. The molecular weight excluding hydrogens is 374 g/mol. The van der Waals surface area contributed by atoms with Crippen LogP contribution in [0.3, 0.4) is 0 Å². The average Bonchev–Trinajstić information content (AvgIpc) is 3.16. The summed E-state index contributed by atoms with van der Waals surface area (Å²) in [5, 5.41) is 0. The first-order valence-electron chi connectivity index (χ1n) is 8.34. The summed E-state index contributed by atoms with van der Waals surface area (Å²) in [5.41, 5.74) is 6.48. The van der Waals surface area contributed by atoms with Crippen LogP contribution >= 0.6 is 0 Å². The second kappa shape index (κ2) is 7.76. The zero-order valence-corrected chi connectivity index (χ0v) is 15.4. The minimum Gasteiger partial charge on any atom is -0.463 e. The summed E-state index contributed by atoms with van der Waals surface area (Å²) in [6, 6.07) is 0. The number of aromatic nitrogens is 4. The van der Waals surface area contributed by atoms with Gasteiger partial charge in [0, 0.05) is 20.8 Å². The predicted molar refractivity (Wildman–Crippen MR) is 91.4 cm³/mol. The van der Waals surface area contributed by atoms with Crippen molar-refractivity contribution in [1.29, 1.82) is 0 Å². The number of ether oxygens (including phenoxy) is 4. The van der Waals surface area contributed by atoms with Gasteiger partial charge in [-0.25, -0.2) is 15.0 Å². The lowest BCUT2D eigenvalue weighted by atomic mass is 10.1. The average molecular weight is 393 g/mol. The molecule has 12 heteroatoms. The van der Waals surface area contributed by atoms with E-state index >= 15 is 0 Å². The molecule has 1 saturated heterocycles. The maximum absolute atomic E-state index is 11.7. The van der Waals surface area contributed by atoms with E-state index in [4.69, 9.17) is 24.7 Å². The van der Waals surface area contributed by atoms with Crippen LogP contribution in [0.5, 0.6) is 0 Å². The van der Waals surface area contributed by atoms with Crippen LogP contribution in [-0.4, -0.2) is 62.3 Å². The number of nitrogens with two attached hydrogens (primary N) is 1. The Morgan fingerprint density at radius 1 is 1.07 bits per heavy atom. The van der Waals surface area contributed by atoms with Gasteiger partial charge in [0.1, 0.15) is 24.6 Å². The molecule has 0 saturated carbocycles. The molecule has 0 aromatic carbocycles. The monoisotopic (exact) mass is 393 g/mol. The van der Waals surface area contributed by atoms with Crippen molar-refractivity contribution in [2.75, 3.05) is 12.3 Å². The van der Waals surface area contributed by atoms with E-state index in [2.05, 4.69) is 15.0 Å². The van der Waals surface area contributed by atoms with Crippen LogP contribution < -0.4 is 5.73 Å².